The zero-order valence-corrected chi connectivity index (χ0v) is 14.9. The van der Waals surface area contributed by atoms with Crippen molar-refractivity contribution < 1.29 is 9.53 Å². The average Bonchev–Trinajstić information content (AvgIpc) is 2.63. The van der Waals surface area contributed by atoms with Gasteiger partial charge in [0.15, 0.2) is 0 Å². The van der Waals surface area contributed by atoms with Crippen LogP contribution in [0.1, 0.15) is 37.8 Å². The first kappa shape index (κ1) is 16.6. The van der Waals surface area contributed by atoms with E-state index in [2.05, 4.69) is 11.0 Å². The average molecular weight is 345 g/mol. The summed E-state index contributed by atoms with van der Waals surface area (Å²) in [6.45, 7) is 6.80. The van der Waals surface area contributed by atoms with Crippen LogP contribution in [0, 0.1) is 5.92 Å². The Bertz CT molecular complexity index is 693. The van der Waals surface area contributed by atoms with E-state index in [4.69, 9.17) is 4.74 Å². The Kier molecular flexibility index (Phi) is 4.54. The van der Waals surface area contributed by atoms with E-state index in [1.54, 1.807) is 6.07 Å². The van der Waals surface area contributed by atoms with Gasteiger partial charge in [0.2, 0.25) is 0 Å². The number of hydrogen-bond donors (Lipinski definition) is 0. The van der Waals surface area contributed by atoms with Gasteiger partial charge in [-0.15, -0.1) is 0 Å². The van der Waals surface area contributed by atoms with Crippen LogP contribution in [0.3, 0.4) is 0 Å². The number of hydrogen-bond acceptors (Lipinski definition) is 4. The van der Waals surface area contributed by atoms with Gasteiger partial charge in [0, 0.05) is 56.4 Å². The SMILES string of the molecule is CCOC(=O)N1CCC(N2CC3CC(C2)c2cccc(=O)n2C3)CC1. The smallest absolute Gasteiger partial charge is 0.409 e. The summed E-state index contributed by atoms with van der Waals surface area (Å²) < 4.78 is 7.10. The van der Waals surface area contributed by atoms with Gasteiger partial charge < -0.3 is 14.2 Å². The van der Waals surface area contributed by atoms with Gasteiger partial charge in [-0.3, -0.25) is 9.69 Å². The fourth-order valence-electron chi connectivity index (χ4n) is 4.86. The largest absolute Gasteiger partial charge is 0.450 e. The molecular formula is C19H27N3O3. The number of fused-ring (bicyclic) bond motifs is 4. The third kappa shape index (κ3) is 3.19. The minimum absolute atomic E-state index is 0.142. The van der Waals surface area contributed by atoms with E-state index in [0.717, 1.165) is 45.6 Å². The van der Waals surface area contributed by atoms with E-state index in [1.807, 2.05) is 22.5 Å². The van der Waals surface area contributed by atoms with Crippen molar-refractivity contribution in [1.29, 1.82) is 0 Å². The van der Waals surface area contributed by atoms with Gasteiger partial charge in [-0.05, 0) is 38.2 Å². The lowest BCUT2D eigenvalue weighted by molar-refractivity contribution is 0.0410. The normalized spacial score (nSPS) is 27.0. The Morgan fingerprint density at radius 2 is 2.00 bits per heavy atom. The third-order valence-electron chi connectivity index (χ3n) is 6.01. The number of rotatable bonds is 2. The lowest BCUT2D eigenvalue weighted by Gasteiger charge is -2.47. The van der Waals surface area contributed by atoms with Gasteiger partial charge in [0.25, 0.3) is 5.56 Å². The van der Waals surface area contributed by atoms with Crippen molar-refractivity contribution in [3.05, 3.63) is 34.2 Å². The van der Waals surface area contributed by atoms with Gasteiger partial charge in [-0.1, -0.05) is 6.07 Å². The first-order valence-corrected chi connectivity index (χ1v) is 9.51. The molecule has 4 heterocycles. The van der Waals surface area contributed by atoms with Crippen molar-refractivity contribution in [1.82, 2.24) is 14.4 Å². The quantitative estimate of drug-likeness (QED) is 0.821. The van der Waals surface area contributed by atoms with Crippen LogP contribution in [0.4, 0.5) is 4.79 Å². The van der Waals surface area contributed by atoms with Crippen LogP contribution in [-0.2, 0) is 11.3 Å². The zero-order chi connectivity index (χ0) is 17.4. The van der Waals surface area contributed by atoms with E-state index < -0.39 is 0 Å². The summed E-state index contributed by atoms with van der Waals surface area (Å²) in [5.41, 5.74) is 1.35. The summed E-state index contributed by atoms with van der Waals surface area (Å²) in [6, 6.07) is 6.23. The maximum atomic E-state index is 12.1. The molecule has 25 heavy (non-hydrogen) atoms. The number of piperidine rings is 2. The number of likely N-dealkylation sites (tertiary alicyclic amines) is 2. The summed E-state index contributed by atoms with van der Waals surface area (Å²) >= 11 is 0. The molecule has 2 atom stereocenters. The second-order valence-corrected chi connectivity index (χ2v) is 7.57. The Hall–Kier alpha value is -1.82. The van der Waals surface area contributed by atoms with E-state index in [0.29, 0.717) is 24.5 Å². The summed E-state index contributed by atoms with van der Waals surface area (Å²) in [6.07, 6.45) is 3.05. The molecule has 6 heteroatoms. The fraction of sp³-hybridized carbons (Fsp3) is 0.684. The Morgan fingerprint density at radius 3 is 2.76 bits per heavy atom. The number of carbonyl (C=O) groups excluding carboxylic acids is 1. The summed E-state index contributed by atoms with van der Waals surface area (Å²) in [4.78, 5) is 28.4. The molecule has 1 amide bonds. The van der Waals surface area contributed by atoms with Crippen molar-refractivity contribution in [3.8, 4) is 0 Å². The summed E-state index contributed by atoms with van der Waals surface area (Å²) in [5.74, 6) is 1.03. The fourth-order valence-corrected chi connectivity index (χ4v) is 4.86. The highest BCUT2D eigenvalue weighted by molar-refractivity contribution is 5.67. The third-order valence-corrected chi connectivity index (χ3v) is 6.01. The van der Waals surface area contributed by atoms with Gasteiger partial charge in [0.05, 0.1) is 6.61 Å². The highest BCUT2D eigenvalue weighted by Crippen LogP contribution is 2.36. The molecule has 0 aromatic carbocycles. The molecule has 2 unspecified atom stereocenters. The molecular weight excluding hydrogens is 318 g/mol. The zero-order valence-electron chi connectivity index (χ0n) is 14.9. The van der Waals surface area contributed by atoms with E-state index in [-0.39, 0.29) is 11.7 Å². The number of ether oxygens (including phenoxy) is 1. The van der Waals surface area contributed by atoms with Crippen LogP contribution in [0.5, 0.6) is 0 Å². The molecule has 0 saturated carbocycles. The highest BCUT2D eigenvalue weighted by atomic mass is 16.6. The summed E-state index contributed by atoms with van der Waals surface area (Å²) in [5, 5.41) is 0. The van der Waals surface area contributed by atoms with Crippen molar-refractivity contribution >= 4 is 6.09 Å². The number of amides is 1. The number of pyridine rings is 1. The molecule has 3 aliphatic heterocycles. The molecule has 0 N–H and O–H groups in total. The molecule has 2 saturated heterocycles. The Labute approximate surface area is 148 Å². The van der Waals surface area contributed by atoms with E-state index in [1.165, 1.54) is 12.1 Å². The minimum atomic E-state index is -0.176. The van der Waals surface area contributed by atoms with Crippen molar-refractivity contribution in [2.24, 2.45) is 5.92 Å². The van der Waals surface area contributed by atoms with Crippen LogP contribution in [0.2, 0.25) is 0 Å². The maximum absolute atomic E-state index is 12.1. The monoisotopic (exact) mass is 345 g/mol. The molecule has 0 aliphatic carbocycles. The summed E-state index contributed by atoms with van der Waals surface area (Å²) in [7, 11) is 0. The molecule has 3 aliphatic rings. The topological polar surface area (TPSA) is 54.8 Å². The predicted molar refractivity (Wildman–Crippen MR) is 94.7 cm³/mol. The molecule has 0 spiro atoms. The molecule has 1 aromatic heterocycles. The Morgan fingerprint density at radius 1 is 1.20 bits per heavy atom. The molecule has 136 valence electrons. The van der Waals surface area contributed by atoms with Gasteiger partial charge >= 0.3 is 6.09 Å². The van der Waals surface area contributed by atoms with Crippen LogP contribution in [0.25, 0.3) is 0 Å². The van der Waals surface area contributed by atoms with Crippen molar-refractivity contribution in [2.75, 3.05) is 32.8 Å². The highest BCUT2D eigenvalue weighted by Gasteiger charge is 2.38. The maximum Gasteiger partial charge on any atom is 0.409 e. The molecule has 2 bridgehead atoms. The molecule has 2 fully saturated rings. The van der Waals surface area contributed by atoms with Crippen LogP contribution < -0.4 is 5.56 Å². The number of carbonyl (C=O) groups is 1. The van der Waals surface area contributed by atoms with Gasteiger partial charge in [0.1, 0.15) is 0 Å². The Balaban J connectivity index is 1.42. The van der Waals surface area contributed by atoms with Crippen LogP contribution in [-0.4, -0.2) is 59.3 Å². The second-order valence-electron chi connectivity index (χ2n) is 7.57. The lowest BCUT2D eigenvalue weighted by Crippen LogP contribution is -2.53. The predicted octanol–water partition coefficient (Wildman–Crippen LogP) is 1.89. The first-order chi connectivity index (χ1) is 12.2. The van der Waals surface area contributed by atoms with Crippen LogP contribution >= 0.6 is 0 Å². The van der Waals surface area contributed by atoms with Gasteiger partial charge in [-0.2, -0.15) is 0 Å². The molecule has 1 aromatic rings. The second kappa shape index (κ2) is 6.83. The standard InChI is InChI=1S/C19H27N3O3/c1-2-25-19(24)20-8-6-16(7-9-20)21-11-14-10-15(13-21)17-4-3-5-18(23)22(17)12-14/h3-5,14-16H,2,6-13H2,1H3. The number of aromatic nitrogens is 1. The van der Waals surface area contributed by atoms with Gasteiger partial charge in [-0.25, -0.2) is 4.79 Å². The first-order valence-electron chi connectivity index (χ1n) is 9.51. The number of nitrogens with zero attached hydrogens (tertiary/aromatic N) is 3. The molecule has 4 rings (SSSR count). The minimum Gasteiger partial charge on any atom is -0.450 e. The molecule has 6 nitrogen and oxygen atoms in total. The lowest BCUT2D eigenvalue weighted by atomic mass is 9.82. The van der Waals surface area contributed by atoms with Crippen molar-refractivity contribution in [3.63, 3.8) is 0 Å². The van der Waals surface area contributed by atoms with Crippen molar-refractivity contribution in [2.45, 2.75) is 44.7 Å². The van der Waals surface area contributed by atoms with E-state index >= 15 is 0 Å². The van der Waals surface area contributed by atoms with Crippen LogP contribution in [0.15, 0.2) is 23.0 Å². The molecule has 0 radical (unpaired) electrons. The van der Waals surface area contributed by atoms with E-state index in [9.17, 15) is 9.59 Å².